The van der Waals surface area contributed by atoms with Gasteiger partial charge in [-0.3, -0.25) is 9.78 Å². The van der Waals surface area contributed by atoms with Crippen molar-refractivity contribution < 1.29 is 13.6 Å². The number of nitrogens with zero attached hydrogens (tertiary/aromatic N) is 5. The third-order valence-corrected chi connectivity index (χ3v) is 4.93. The normalized spacial score (nSPS) is 16.9. The van der Waals surface area contributed by atoms with Crippen molar-refractivity contribution in [2.45, 2.75) is 25.3 Å². The zero-order chi connectivity index (χ0) is 19.5. The van der Waals surface area contributed by atoms with Crippen LogP contribution >= 0.6 is 0 Å². The van der Waals surface area contributed by atoms with Gasteiger partial charge in [-0.2, -0.15) is 0 Å². The smallest absolute Gasteiger partial charge is 0.275 e. The Bertz CT molecular complexity index is 976. The molecule has 1 amide bonds. The summed E-state index contributed by atoms with van der Waals surface area (Å²) in [6.07, 6.45) is 9.68. The molecule has 1 fully saturated rings. The van der Waals surface area contributed by atoms with Gasteiger partial charge in [0.15, 0.2) is 11.5 Å². The Labute approximate surface area is 160 Å². The monoisotopic (exact) mass is 383 g/mol. The molecule has 8 heteroatoms. The number of hydrogen-bond acceptors (Lipinski definition) is 4. The number of aromatic nitrogens is 4. The van der Waals surface area contributed by atoms with Gasteiger partial charge in [0.25, 0.3) is 5.91 Å². The molecule has 1 saturated heterocycles. The molecule has 4 rings (SSSR count). The number of amides is 1. The van der Waals surface area contributed by atoms with Crippen LogP contribution in [0.4, 0.5) is 8.78 Å². The first-order valence-electron chi connectivity index (χ1n) is 9.12. The van der Waals surface area contributed by atoms with E-state index in [2.05, 4.69) is 19.5 Å². The molecule has 0 saturated carbocycles. The van der Waals surface area contributed by atoms with Gasteiger partial charge in [-0.05, 0) is 30.5 Å². The molecular formula is C20H19F2N5O. The molecule has 6 nitrogen and oxygen atoms in total. The second-order valence-electron chi connectivity index (χ2n) is 6.84. The highest BCUT2D eigenvalue weighted by molar-refractivity contribution is 5.92. The largest absolute Gasteiger partial charge is 0.336 e. The zero-order valence-corrected chi connectivity index (χ0v) is 15.1. The maximum absolute atomic E-state index is 14.0. The van der Waals surface area contributed by atoms with Crippen LogP contribution in [-0.4, -0.2) is 43.4 Å². The molecule has 1 aliphatic rings. The molecule has 28 heavy (non-hydrogen) atoms. The highest BCUT2D eigenvalue weighted by Crippen LogP contribution is 2.27. The van der Waals surface area contributed by atoms with Gasteiger partial charge in [0, 0.05) is 56.4 Å². The van der Waals surface area contributed by atoms with Gasteiger partial charge in [0.05, 0.1) is 6.20 Å². The summed E-state index contributed by atoms with van der Waals surface area (Å²) in [6, 6.07) is 4.58. The Kier molecular flexibility index (Phi) is 5.10. The number of carbonyl (C=O) groups is 1. The van der Waals surface area contributed by atoms with E-state index in [4.69, 9.17) is 0 Å². The maximum atomic E-state index is 14.0. The van der Waals surface area contributed by atoms with Crippen LogP contribution in [0.2, 0.25) is 0 Å². The Morgan fingerprint density at radius 1 is 1.18 bits per heavy atom. The van der Waals surface area contributed by atoms with E-state index in [0.29, 0.717) is 25.7 Å². The van der Waals surface area contributed by atoms with Gasteiger partial charge in [-0.1, -0.05) is 0 Å². The average molecular weight is 383 g/mol. The highest BCUT2D eigenvalue weighted by Gasteiger charge is 2.30. The molecule has 3 aromatic rings. The first-order valence-corrected chi connectivity index (χ1v) is 9.12. The Morgan fingerprint density at radius 2 is 2.00 bits per heavy atom. The van der Waals surface area contributed by atoms with Gasteiger partial charge in [-0.25, -0.2) is 18.7 Å². The third kappa shape index (κ3) is 3.76. The van der Waals surface area contributed by atoms with Crippen molar-refractivity contribution in [2.24, 2.45) is 0 Å². The van der Waals surface area contributed by atoms with Crippen LogP contribution in [0.1, 0.15) is 40.6 Å². The molecule has 0 aromatic carbocycles. The summed E-state index contributed by atoms with van der Waals surface area (Å²) in [5, 5.41) is 0. The van der Waals surface area contributed by atoms with Crippen molar-refractivity contribution in [3.05, 3.63) is 77.9 Å². The van der Waals surface area contributed by atoms with E-state index >= 15 is 0 Å². The molecule has 4 heterocycles. The maximum Gasteiger partial charge on any atom is 0.275 e. The molecule has 1 aliphatic heterocycles. The second kappa shape index (κ2) is 7.84. The molecule has 0 N–H and O–H groups in total. The average Bonchev–Trinajstić information content (AvgIpc) is 3.16. The number of pyridine rings is 2. The Balaban J connectivity index is 1.52. The molecule has 1 atom stereocenters. The highest BCUT2D eigenvalue weighted by atomic mass is 19.1. The molecule has 0 radical (unpaired) electrons. The van der Waals surface area contributed by atoms with E-state index in [0.717, 1.165) is 30.4 Å². The van der Waals surface area contributed by atoms with E-state index < -0.39 is 17.5 Å². The van der Waals surface area contributed by atoms with Crippen LogP contribution in [0, 0.1) is 11.6 Å². The molecule has 1 unspecified atom stereocenters. The van der Waals surface area contributed by atoms with E-state index in [-0.39, 0.29) is 11.6 Å². The quantitative estimate of drug-likeness (QED) is 0.695. The number of piperidine rings is 1. The lowest BCUT2D eigenvalue weighted by atomic mass is 9.96. The van der Waals surface area contributed by atoms with Crippen molar-refractivity contribution in [3.8, 4) is 0 Å². The SMILES string of the molecule is O=C(c1ncc(F)cc1F)N1CCCC(c2nccn2Cc2ccncc2)C1. The Hall–Kier alpha value is -3.16. The minimum absolute atomic E-state index is 0.0399. The van der Waals surface area contributed by atoms with Crippen molar-refractivity contribution in [1.82, 2.24) is 24.4 Å². The van der Waals surface area contributed by atoms with Crippen LogP contribution in [0.15, 0.2) is 49.2 Å². The van der Waals surface area contributed by atoms with Crippen LogP contribution in [0.25, 0.3) is 0 Å². The number of carbonyl (C=O) groups excluding carboxylic acids is 1. The van der Waals surface area contributed by atoms with E-state index in [1.54, 1.807) is 23.5 Å². The topological polar surface area (TPSA) is 63.9 Å². The van der Waals surface area contributed by atoms with Crippen molar-refractivity contribution >= 4 is 5.91 Å². The number of hydrogen-bond donors (Lipinski definition) is 0. The fourth-order valence-electron chi connectivity index (χ4n) is 3.59. The van der Waals surface area contributed by atoms with Gasteiger partial charge < -0.3 is 9.47 Å². The standard InChI is InChI=1S/C20H19F2N5O/c21-16-10-17(22)18(25-11-16)20(28)27-8-1-2-15(13-27)19-24-7-9-26(19)12-14-3-5-23-6-4-14/h3-7,9-11,15H,1-2,8,12-13H2. The first kappa shape index (κ1) is 18.2. The van der Waals surface area contributed by atoms with Crippen LogP contribution in [0.5, 0.6) is 0 Å². The summed E-state index contributed by atoms with van der Waals surface area (Å²) in [4.78, 5) is 26.4. The molecular weight excluding hydrogens is 364 g/mol. The number of rotatable bonds is 4. The predicted molar refractivity (Wildman–Crippen MR) is 97.6 cm³/mol. The second-order valence-corrected chi connectivity index (χ2v) is 6.84. The molecule has 144 valence electrons. The van der Waals surface area contributed by atoms with Crippen molar-refractivity contribution in [3.63, 3.8) is 0 Å². The van der Waals surface area contributed by atoms with Crippen LogP contribution in [0.3, 0.4) is 0 Å². The van der Waals surface area contributed by atoms with Crippen molar-refractivity contribution in [2.75, 3.05) is 13.1 Å². The summed E-state index contributed by atoms with van der Waals surface area (Å²) in [5.41, 5.74) is 0.762. The van der Waals surface area contributed by atoms with Gasteiger partial charge in [0.1, 0.15) is 11.6 Å². The number of halogens is 2. The predicted octanol–water partition coefficient (Wildman–Crippen LogP) is 3.02. The molecule has 3 aromatic heterocycles. The Morgan fingerprint density at radius 3 is 2.79 bits per heavy atom. The van der Waals surface area contributed by atoms with Crippen LogP contribution < -0.4 is 0 Å². The van der Waals surface area contributed by atoms with Crippen molar-refractivity contribution in [1.29, 1.82) is 0 Å². The summed E-state index contributed by atoms with van der Waals surface area (Å²) in [7, 11) is 0. The van der Waals surface area contributed by atoms with E-state index in [9.17, 15) is 13.6 Å². The number of likely N-dealkylation sites (tertiary alicyclic amines) is 1. The summed E-state index contributed by atoms with van der Waals surface area (Å²) < 4.78 is 29.1. The van der Waals surface area contributed by atoms with Gasteiger partial charge in [0.2, 0.25) is 0 Å². The minimum Gasteiger partial charge on any atom is -0.336 e. The minimum atomic E-state index is -0.939. The zero-order valence-electron chi connectivity index (χ0n) is 15.1. The van der Waals surface area contributed by atoms with Gasteiger partial charge in [-0.15, -0.1) is 0 Å². The fourth-order valence-corrected chi connectivity index (χ4v) is 3.59. The third-order valence-electron chi connectivity index (χ3n) is 4.93. The molecule has 0 aliphatic carbocycles. The number of imidazole rings is 1. The summed E-state index contributed by atoms with van der Waals surface area (Å²) in [6.45, 7) is 1.60. The lowest BCUT2D eigenvalue weighted by molar-refractivity contribution is 0.0692. The van der Waals surface area contributed by atoms with E-state index in [1.807, 2.05) is 18.3 Å². The fraction of sp³-hybridized carbons (Fsp3) is 0.300. The first-order chi connectivity index (χ1) is 13.6. The van der Waals surface area contributed by atoms with E-state index in [1.165, 1.54) is 0 Å². The lowest BCUT2D eigenvalue weighted by Gasteiger charge is -2.32. The van der Waals surface area contributed by atoms with Crippen LogP contribution in [-0.2, 0) is 6.54 Å². The lowest BCUT2D eigenvalue weighted by Crippen LogP contribution is -2.40. The molecule has 0 bridgehead atoms. The molecule has 0 spiro atoms. The summed E-state index contributed by atoms with van der Waals surface area (Å²) in [5.74, 6) is -1.33. The van der Waals surface area contributed by atoms with Gasteiger partial charge >= 0.3 is 0 Å². The summed E-state index contributed by atoms with van der Waals surface area (Å²) >= 11 is 0.